The van der Waals surface area contributed by atoms with Crippen molar-refractivity contribution in [2.24, 2.45) is 0 Å². The first-order valence-corrected chi connectivity index (χ1v) is 18.2. The van der Waals surface area contributed by atoms with Gasteiger partial charge in [0.15, 0.2) is 12.4 Å². The van der Waals surface area contributed by atoms with E-state index in [0.29, 0.717) is 30.3 Å². The van der Waals surface area contributed by atoms with Crippen LogP contribution in [0, 0.1) is 0 Å². The highest BCUT2D eigenvalue weighted by molar-refractivity contribution is 7.91. The molecular weight excluding hydrogens is 603 g/mol. The van der Waals surface area contributed by atoms with Crippen molar-refractivity contribution in [3.05, 3.63) is 145 Å². The maximum atomic E-state index is 13.2. The van der Waals surface area contributed by atoms with Crippen LogP contribution in [0.15, 0.2) is 133 Å². The summed E-state index contributed by atoms with van der Waals surface area (Å²) in [5.74, 6) is 1.91. The summed E-state index contributed by atoms with van der Waals surface area (Å²) in [6.45, 7) is 5.70. The molecule has 5 rings (SSSR count). The third-order valence-electron chi connectivity index (χ3n) is 7.88. The first kappa shape index (κ1) is 33.9. The van der Waals surface area contributed by atoms with E-state index in [-0.39, 0.29) is 19.0 Å². The molecule has 0 heterocycles. The first-order chi connectivity index (χ1) is 23.1. The Hall–Kier alpha value is -4.44. The molecule has 0 saturated heterocycles. The molecule has 0 aliphatic heterocycles. The van der Waals surface area contributed by atoms with Crippen LogP contribution in [0.25, 0.3) is 0 Å². The second-order valence-electron chi connectivity index (χ2n) is 11.3. The van der Waals surface area contributed by atoms with Crippen molar-refractivity contribution in [1.82, 2.24) is 0 Å². The fraction of sp³-hybridized carbons (Fsp3) is 0.244. The maximum Gasteiger partial charge on any atom is 0.242 e. The van der Waals surface area contributed by atoms with E-state index >= 15 is 0 Å². The lowest BCUT2D eigenvalue weighted by Gasteiger charge is -2.26. The van der Waals surface area contributed by atoms with Gasteiger partial charge in [-0.05, 0) is 85.6 Å². The number of rotatable bonds is 18. The molecule has 0 atom stereocenters. The summed E-state index contributed by atoms with van der Waals surface area (Å²) in [5.41, 5.74) is 1.41. The van der Waals surface area contributed by atoms with Crippen molar-refractivity contribution in [2.45, 2.75) is 46.1 Å². The predicted molar refractivity (Wildman–Crippen MR) is 193 cm³/mol. The average molecular weight is 648 g/mol. The summed E-state index contributed by atoms with van der Waals surface area (Å²) >= 11 is 0. The summed E-state index contributed by atoms with van der Waals surface area (Å²) in [5, 5.41) is 3.37. The van der Waals surface area contributed by atoms with Crippen LogP contribution in [0.4, 0.5) is 0 Å². The zero-order valence-corrected chi connectivity index (χ0v) is 28.2. The Morgan fingerprint density at radius 2 is 1.06 bits per heavy atom. The van der Waals surface area contributed by atoms with Gasteiger partial charge in [0.1, 0.15) is 39.8 Å². The van der Waals surface area contributed by atoms with Crippen LogP contribution in [-0.4, -0.2) is 25.6 Å². The number of carbonyl (C=O) groups excluding carboxylic acids is 1. The first-order valence-electron chi connectivity index (χ1n) is 16.5. The van der Waals surface area contributed by atoms with Crippen LogP contribution in [0.1, 0.15) is 55.5 Å². The second-order valence-corrected chi connectivity index (χ2v) is 14.3. The molecule has 6 heteroatoms. The molecule has 0 unspecified atom stereocenters. The van der Waals surface area contributed by atoms with Crippen LogP contribution in [0.2, 0.25) is 0 Å². The van der Waals surface area contributed by atoms with E-state index in [1.54, 1.807) is 12.1 Å². The van der Waals surface area contributed by atoms with Gasteiger partial charge in [0.05, 0.1) is 13.2 Å². The van der Waals surface area contributed by atoms with Crippen LogP contribution >= 0.6 is 7.49 Å². The molecule has 5 aromatic carbocycles. The van der Waals surface area contributed by atoms with Gasteiger partial charge in [-0.2, -0.15) is 0 Å². The molecule has 5 aromatic rings. The van der Waals surface area contributed by atoms with Gasteiger partial charge in [0, 0.05) is 17.2 Å². The standard InChI is InChI=1S/C41H44O5P/c1-3-5-28-43-35-25-22-33(23-26-35)40(42)32-45-41-30-36(44-29-6-4-2)27-24-34(41)31-46-47(37-16-10-7-11-17-37,38-18-12-8-13-19-38)39-20-14-9-15-21-39/h7-27,30H,3-6,28-29,31-32H2,1-2H3/q+1. The van der Waals surface area contributed by atoms with E-state index in [4.69, 9.17) is 18.7 Å². The van der Waals surface area contributed by atoms with Crippen molar-refractivity contribution in [2.75, 3.05) is 19.8 Å². The van der Waals surface area contributed by atoms with Crippen LogP contribution in [-0.2, 0) is 11.1 Å². The molecule has 5 nitrogen and oxygen atoms in total. The van der Waals surface area contributed by atoms with E-state index in [1.165, 1.54) is 0 Å². The van der Waals surface area contributed by atoms with Crippen LogP contribution < -0.4 is 30.1 Å². The SMILES string of the molecule is CCCCOc1ccc(C(=O)COc2cc(OCCCC)ccc2CO[P+](c2ccccc2)(c2ccccc2)c2ccccc2)cc1. The third kappa shape index (κ3) is 8.88. The van der Waals surface area contributed by atoms with Gasteiger partial charge in [-0.1, -0.05) is 81.3 Å². The Morgan fingerprint density at radius 1 is 0.574 bits per heavy atom. The van der Waals surface area contributed by atoms with Gasteiger partial charge in [0.2, 0.25) is 7.49 Å². The zero-order chi connectivity index (χ0) is 32.7. The number of Topliss-reactive ketones (excluding diaryl/α,β-unsaturated/α-hetero) is 1. The summed E-state index contributed by atoms with van der Waals surface area (Å²) in [7, 11) is -2.54. The molecule has 47 heavy (non-hydrogen) atoms. The van der Waals surface area contributed by atoms with E-state index in [1.807, 2.05) is 48.5 Å². The second kappa shape index (κ2) is 17.5. The molecule has 0 bridgehead atoms. The van der Waals surface area contributed by atoms with Gasteiger partial charge < -0.3 is 14.2 Å². The number of carbonyl (C=O) groups is 1. The molecule has 0 fully saturated rings. The third-order valence-corrected chi connectivity index (χ3v) is 11.5. The minimum Gasteiger partial charge on any atom is -0.494 e. The molecule has 0 aromatic heterocycles. The fourth-order valence-corrected chi connectivity index (χ4v) is 8.71. The van der Waals surface area contributed by atoms with E-state index in [2.05, 4.69) is 86.6 Å². The van der Waals surface area contributed by atoms with Gasteiger partial charge in [-0.25, -0.2) is 4.52 Å². The van der Waals surface area contributed by atoms with Gasteiger partial charge in [-0.15, -0.1) is 0 Å². The Labute approximate surface area is 279 Å². The van der Waals surface area contributed by atoms with Gasteiger partial charge in [-0.3, -0.25) is 4.79 Å². The molecule has 0 aliphatic carbocycles. The molecular formula is C41H44O5P+. The summed E-state index contributed by atoms with van der Waals surface area (Å²) in [6.07, 6.45) is 4.05. The topological polar surface area (TPSA) is 54.0 Å². The molecule has 0 aliphatic rings. The van der Waals surface area contributed by atoms with Crippen LogP contribution in [0.3, 0.4) is 0 Å². The normalized spacial score (nSPS) is 11.2. The minimum absolute atomic E-state index is 0.113. The monoisotopic (exact) mass is 647 g/mol. The highest BCUT2D eigenvalue weighted by atomic mass is 31.2. The zero-order valence-electron chi connectivity index (χ0n) is 27.3. The molecule has 0 saturated carbocycles. The summed E-state index contributed by atoms with van der Waals surface area (Å²) in [4.78, 5) is 13.2. The largest absolute Gasteiger partial charge is 0.494 e. The number of hydrogen-bond acceptors (Lipinski definition) is 5. The van der Waals surface area contributed by atoms with Gasteiger partial charge >= 0.3 is 0 Å². The molecule has 242 valence electrons. The number of hydrogen-bond donors (Lipinski definition) is 0. The quantitative estimate of drug-likeness (QED) is 0.0541. The Kier molecular flexibility index (Phi) is 12.6. The molecule has 0 amide bonds. The lowest BCUT2D eigenvalue weighted by atomic mass is 10.1. The van der Waals surface area contributed by atoms with Crippen molar-refractivity contribution < 1.29 is 23.5 Å². The summed E-state index contributed by atoms with van der Waals surface area (Å²) < 4.78 is 25.2. The number of ketones is 1. The van der Waals surface area contributed by atoms with E-state index < -0.39 is 7.49 Å². The molecule has 0 N–H and O–H groups in total. The lowest BCUT2D eigenvalue weighted by molar-refractivity contribution is 0.0919. The Bertz CT molecular complexity index is 1560. The van der Waals surface area contributed by atoms with E-state index in [9.17, 15) is 4.79 Å². The number of benzene rings is 5. The fourth-order valence-electron chi connectivity index (χ4n) is 5.26. The molecule has 0 spiro atoms. The van der Waals surface area contributed by atoms with E-state index in [0.717, 1.165) is 52.9 Å². The van der Waals surface area contributed by atoms with Crippen molar-refractivity contribution in [3.63, 3.8) is 0 Å². The van der Waals surface area contributed by atoms with Crippen molar-refractivity contribution in [3.8, 4) is 17.2 Å². The maximum absolute atomic E-state index is 13.2. The molecule has 0 radical (unpaired) electrons. The number of unbranched alkanes of at least 4 members (excludes halogenated alkanes) is 2. The Balaban J connectivity index is 1.43. The highest BCUT2D eigenvalue weighted by Gasteiger charge is 2.48. The van der Waals surface area contributed by atoms with Crippen LogP contribution in [0.5, 0.6) is 17.2 Å². The smallest absolute Gasteiger partial charge is 0.242 e. The average Bonchev–Trinajstić information content (AvgIpc) is 3.13. The predicted octanol–water partition coefficient (Wildman–Crippen LogP) is 8.73. The van der Waals surface area contributed by atoms with Crippen molar-refractivity contribution >= 4 is 29.2 Å². The lowest BCUT2D eigenvalue weighted by Crippen LogP contribution is -2.32. The Morgan fingerprint density at radius 3 is 1.57 bits per heavy atom. The van der Waals surface area contributed by atoms with Gasteiger partial charge in [0.25, 0.3) is 0 Å². The minimum atomic E-state index is -2.54. The van der Waals surface area contributed by atoms with Crippen molar-refractivity contribution in [1.29, 1.82) is 0 Å². The summed E-state index contributed by atoms with van der Waals surface area (Å²) in [6, 6.07) is 44.4. The highest BCUT2D eigenvalue weighted by Crippen LogP contribution is 2.57. The number of ether oxygens (including phenoxy) is 3.